The number of carbonyl (C=O) groups excluding carboxylic acids is 1. The highest BCUT2D eigenvalue weighted by molar-refractivity contribution is 9.10. The lowest BCUT2D eigenvalue weighted by Crippen LogP contribution is -2.28. The van der Waals surface area contributed by atoms with Crippen molar-refractivity contribution in [2.75, 3.05) is 18.4 Å². The molecule has 0 atom stereocenters. The number of carbonyl (C=O) groups is 1. The van der Waals surface area contributed by atoms with Crippen LogP contribution in [0, 0.1) is 12.8 Å². The van der Waals surface area contributed by atoms with Gasteiger partial charge in [-0.05, 0) is 69.0 Å². The molecule has 1 aromatic carbocycles. The normalized spacial score (nSPS) is 15.5. The Balaban J connectivity index is 0.00000200. The van der Waals surface area contributed by atoms with Gasteiger partial charge in [-0.15, -0.1) is 12.4 Å². The first kappa shape index (κ1) is 17.5. The van der Waals surface area contributed by atoms with Crippen molar-refractivity contribution in [1.29, 1.82) is 0 Å². The number of piperidine rings is 1. The van der Waals surface area contributed by atoms with Gasteiger partial charge in [0.2, 0.25) is 5.91 Å². The lowest BCUT2D eigenvalue weighted by molar-refractivity contribution is -0.116. The van der Waals surface area contributed by atoms with Crippen molar-refractivity contribution in [2.45, 2.75) is 32.6 Å². The van der Waals surface area contributed by atoms with Crippen LogP contribution in [0.1, 0.15) is 31.2 Å². The maximum atomic E-state index is 12.0. The number of nitrogens with one attached hydrogen (secondary N) is 2. The van der Waals surface area contributed by atoms with Crippen LogP contribution in [0.5, 0.6) is 0 Å². The fourth-order valence-corrected chi connectivity index (χ4v) is 2.96. The number of amides is 1. The molecule has 2 N–H and O–H groups in total. The first-order chi connectivity index (χ1) is 9.15. The van der Waals surface area contributed by atoms with E-state index in [4.69, 9.17) is 0 Å². The van der Waals surface area contributed by atoms with Gasteiger partial charge in [-0.25, -0.2) is 0 Å². The minimum Gasteiger partial charge on any atom is -0.326 e. The zero-order chi connectivity index (χ0) is 13.7. The van der Waals surface area contributed by atoms with Gasteiger partial charge in [0.05, 0.1) is 0 Å². The molecule has 1 saturated heterocycles. The molecule has 3 nitrogen and oxygen atoms in total. The van der Waals surface area contributed by atoms with Gasteiger partial charge >= 0.3 is 0 Å². The van der Waals surface area contributed by atoms with Crippen molar-refractivity contribution in [1.82, 2.24) is 5.32 Å². The van der Waals surface area contributed by atoms with Crippen molar-refractivity contribution in [3.63, 3.8) is 0 Å². The molecule has 1 aliphatic heterocycles. The Kier molecular flexibility index (Phi) is 7.56. The molecule has 0 unspecified atom stereocenters. The van der Waals surface area contributed by atoms with E-state index in [1.54, 1.807) is 0 Å². The fraction of sp³-hybridized carbons (Fsp3) is 0.533. The highest BCUT2D eigenvalue weighted by Crippen LogP contribution is 2.21. The summed E-state index contributed by atoms with van der Waals surface area (Å²) in [4.78, 5) is 12.0. The van der Waals surface area contributed by atoms with E-state index >= 15 is 0 Å². The average molecular weight is 362 g/mol. The van der Waals surface area contributed by atoms with E-state index in [0.29, 0.717) is 12.3 Å². The molecule has 0 spiro atoms. The topological polar surface area (TPSA) is 41.1 Å². The Morgan fingerprint density at radius 1 is 1.40 bits per heavy atom. The van der Waals surface area contributed by atoms with Gasteiger partial charge in [0.15, 0.2) is 0 Å². The predicted molar refractivity (Wildman–Crippen MR) is 89.6 cm³/mol. The van der Waals surface area contributed by atoms with E-state index in [1.807, 2.05) is 25.1 Å². The van der Waals surface area contributed by atoms with Crippen molar-refractivity contribution in [3.05, 3.63) is 28.2 Å². The minimum atomic E-state index is 0. The van der Waals surface area contributed by atoms with Gasteiger partial charge in [-0.1, -0.05) is 15.9 Å². The lowest BCUT2D eigenvalue weighted by atomic mass is 9.93. The third-order valence-corrected chi connectivity index (χ3v) is 4.19. The fourth-order valence-electron chi connectivity index (χ4n) is 2.49. The number of rotatable bonds is 4. The number of aryl methyl sites for hydroxylation is 1. The molecule has 0 radical (unpaired) electrons. The third-order valence-electron chi connectivity index (χ3n) is 3.70. The first-order valence-electron chi connectivity index (χ1n) is 6.92. The predicted octanol–water partition coefficient (Wildman–Crippen LogP) is 3.90. The summed E-state index contributed by atoms with van der Waals surface area (Å²) < 4.78 is 1.04. The van der Waals surface area contributed by atoms with Crippen LogP contribution in [0.25, 0.3) is 0 Å². The maximum Gasteiger partial charge on any atom is 0.224 e. The van der Waals surface area contributed by atoms with Gasteiger partial charge < -0.3 is 10.6 Å². The van der Waals surface area contributed by atoms with E-state index in [1.165, 1.54) is 12.8 Å². The molecule has 1 amide bonds. The summed E-state index contributed by atoms with van der Waals surface area (Å²) in [6.45, 7) is 4.20. The second-order valence-electron chi connectivity index (χ2n) is 5.24. The molecule has 5 heteroatoms. The van der Waals surface area contributed by atoms with Crippen molar-refractivity contribution in [3.8, 4) is 0 Å². The molecule has 2 rings (SSSR count). The van der Waals surface area contributed by atoms with E-state index in [2.05, 4.69) is 26.6 Å². The molecule has 0 aromatic heterocycles. The zero-order valence-corrected chi connectivity index (χ0v) is 14.1. The molecule has 1 fully saturated rings. The summed E-state index contributed by atoms with van der Waals surface area (Å²) in [5.41, 5.74) is 2.00. The Hall–Kier alpha value is -0.580. The van der Waals surface area contributed by atoms with Gasteiger partial charge in [0.25, 0.3) is 0 Å². The average Bonchev–Trinajstić information content (AvgIpc) is 2.41. The van der Waals surface area contributed by atoms with Crippen molar-refractivity contribution in [2.24, 2.45) is 5.92 Å². The third kappa shape index (κ3) is 5.43. The van der Waals surface area contributed by atoms with Crippen LogP contribution in [0.2, 0.25) is 0 Å². The molecule has 1 aromatic rings. The smallest absolute Gasteiger partial charge is 0.224 e. The van der Waals surface area contributed by atoms with E-state index in [9.17, 15) is 4.79 Å². The summed E-state index contributed by atoms with van der Waals surface area (Å²) in [6.07, 6.45) is 4.03. The lowest BCUT2D eigenvalue weighted by Gasteiger charge is -2.22. The van der Waals surface area contributed by atoms with E-state index in [-0.39, 0.29) is 18.3 Å². The molecule has 0 saturated carbocycles. The highest BCUT2D eigenvalue weighted by atomic mass is 79.9. The number of anilines is 1. The second-order valence-corrected chi connectivity index (χ2v) is 6.16. The number of hydrogen-bond donors (Lipinski definition) is 2. The Morgan fingerprint density at radius 2 is 2.10 bits per heavy atom. The molecule has 0 aliphatic carbocycles. The molecular weight excluding hydrogens is 340 g/mol. The van der Waals surface area contributed by atoms with Gasteiger partial charge in [0.1, 0.15) is 0 Å². The molecule has 1 heterocycles. The van der Waals surface area contributed by atoms with Gasteiger partial charge in [-0.3, -0.25) is 4.79 Å². The van der Waals surface area contributed by atoms with Crippen LogP contribution in [-0.4, -0.2) is 19.0 Å². The summed E-state index contributed by atoms with van der Waals surface area (Å²) in [5, 5.41) is 6.35. The van der Waals surface area contributed by atoms with Gasteiger partial charge in [-0.2, -0.15) is 0 Å². The summed E-state index contributed by atoms with van der Waals surface area (Å²) in [5.74, 6) is 0.835. The molecule has 1 aliphatic rings. The maximum absolute atomic E-state index is 12.0. The van der Waals surface area contributed by atoms with Crippen LogP contribution >= 0.6 is 28.3 Å². The molecular formula is C15H22BrClN2O. The molecule has 0 bridgehead atoms. The summed E-state index contributed by atoms with van der Waals surface area (Å²) in [6, 6.07) is 5.92. The Labute approximate surface area is 135 Å². The van der Waals surface area contributed by atoms with E-state index < -0.39 is 0 Å². The van der Waals surface area contributed by atoms with Crippen LogP contribution in [0.3, 0.4) is 0 Å². The summed E-state index contributed by atoms with van der Waals surface area (Å²) in [7, 11) is 0. The quantitative estimate of drug-likeness (QED) is 0.854. The second kappa shape index (κ2) is 8.65. The molecule has 20 heavy (non-hydrogen) atoms. The van der Waals surface area contributed by atoms with Crippen molar-refractivity contribution >= 4 is 39.9 Å². The largest absolute Gasteiger partial charge is 0.326 e. The number of hydrogen-bond acceptors (Lipinski definition) is 2. The standard InChI is InChI=1S/C15H21BrN2O.ClH/c1-11-10-13(16)3-4-14(11)18-15(19)5-2-12-6-8-17-9-7-12;/h3-4,10,12,17H,2,5-9H2,1H3,(H,18,19);1H. The van der Waals surface area contributed by atoms with Crippen molar-refractivity contribution < 1.29 is 4.79 Å². The number of benzene rings is 1. The Morgan fingerprint density at radius 3 is 2.75 bits per heavy atom. The number of halogens is 2. The highest BCUT2D eigenvalue weighted by Gasteiger charge is 2.14. The van der Waals surface area contributed by atoms with Crippen LogP contribution < -0.4 is 10.6 Å². The Bertz CT molecular complexity index is 447. The summed E-state index contributed by atoms with van der Waals surface area (Å²) >= 11 is 3.43. The van der Waals surface area contributed by atoms with E-state index in [0.717, 1.165) is 35.2 Å². The van der Waals surface area contributed by atoms with Gasteiger partial charge in [0, 0.05) is 16.6 Å². The monoisotopic (exact) mass is 360 g/mol. The SMILES string of the molecule is Cc1cc(Br)ccc1NC(=O)CCC1CCNCC1.Cl. The van der Waals surface area contributed by atoms with Crippen LogP contribution in [0.4, 0.5) is 5.69 Å². The minimum absolute atomic E-state index is 0. The van der Waals surface area contributed by atoms with Crippen LogP contribution in [0.15, 0.2) is 22.7 Å². The zero-order valence-electron chi connectivity index (χ0n) is 11.7. The molecule has 112 valence electrons. The van der Waals surface area contributed by atoms with Crippen LogP contribution in [-0.2, 0) is 4.79 Å². The first-order valence-corrected chi connectivity index (χ1v) is 7.71.